The van der Waals surface area contributed by atoms with Gasteiger partial charge in [-0.3, -0.25) is 0 Å². The Morgan fingerprint density at radius 1 is 1.19 bits per heavy atom. The van der Waals surface area contributed by atoms with Gasteiger partial charge < -0.3 is 10.8 Å². The molecule has 0 saturated heterocycles. The first-order valence-electron chi connectivity index (χ1n) is 7.09. The van der Waals surface area contributed by atoms with Gasteiger partial charge in [-0.2, -0.15) is 0 Å². The zero-order valence-electron chi connectivity index (χ0n) is 12.5. The Morgan fingerprint density at radius 2 is 1.90 bits per heavy atom. The summed E-state index contributed by atoms with van der Waals surface area (Å²) in [6.45, 7) is 4.29. The zero-order valence-corrected chi connectivity index (χ0v) is 13.4. The Balaban J connectivity index is 2.00. The summed E-state index contributed by atoms with van der Waals surface area (Å²) in [7, 11) is 0. The van der Waals surface area contributed by atoms with E-state index in [2.05, 4.69) is 24.0 Å². The predicted molar refractivity (Wildman–Crippen MR) is 88.4 cm³/mol. The lowest BCUT2D eigenvalue weighted by molar-refractivity contribution is 0.0431. The van der Waals surface area contributed by atoms with Crippen molar-refractivity contribution in [2.24, 2.45) is 5.73 Å². The molecule has 0 aliphatic heterocycles. The average molecular weight is 302 g/mol. The SMILES string of the molecule is Cc1cc(C)nc(SCCC(O)(CN)c2ccccc2)c1. The van der Waals surface area contributed by atoms with Gasteiger partial charge in [0.15, 0.2) is 0 Å². The minimum Gasteiger partial charge on any atom is -0.384 e. The summed E-state index contributed by atoms with van der Waals surface area (Å²) >= 11 is 1.66. The summed E-state index contributed by atoms with van der Waals surface area (Å²) in [4.78, 5) is 4.50. The molecule has 0 spiro atoms. The smallest absolute Gasteiger partial charge is 0.103 e. The summed E-state index contributed by atoms with van der Waals surface area (Å²) in [6, 6.07) is 13.8. The summed E-state index contributed by atoms with van der Waals surface area (Å²) < 4.78 is 0. The quantitative estimate of drug-likeness (QED) is 0.805. The maximum atomic E-state index is 10.7. The van der Waals surface area contributed by atoms with E-state index >= 15 is 0 Å². The molecule has 4 heteroatoms. The highest BCUT2D eigenvalue weighted by atomic mass is 32.2. The number of benzene rings is 1. The van der Waals surface area contributed by atoms with E-state index in [1.54, 1.807) is 11.8 Å². The largest absolute Gasteiger partial charge is 0.384 e. The Kier molecular flexibility index (Phi) is 5.39. The Labute approximate surface area is 130 Å². The van der Waals surface area contributed by atoms with E-state index in [1.807, 2.05) is 37.3 Å². The fourth-order valence-electron chi connectivity index (χ4n) is 2.32. The normalized spacial score (nSPS) is 13.9. The highest BCUT2D eigenvalue weighted by molar-refractivity contribution is 7.99. The standard InChI is InChI=1S/C17H22N2OS/c1-13-10-14(2)19-16(11-13)21-9-8-17(20,12-18)15-6-4-3-5-7-15/h3-7,10-11,20H,8-9,12,18H2,1-2H3. The molecule has 2 rings (SSSR count). The third-order valence-electron chi connectivity index (χ3n) is 3.49. The van der Waals surface area contributed by atoms with E-state index in [9.17, 15) is 5.11 Å². The molecule has 1 heterocycles. The van der Waals surface area contributed by atoms with E-state index in [0.29, 0.717) is 6.42 Å². The van der Waals surface area contributed by atoms with Gasteiger partial charge in [0.05, 0.1) is 5.03 Å². The number of pyridine rings is 1. The second-order valence-electron chi connectivity index (χ2n) is 5.32. The van der Waals surface area contributed by atoms with Crippen LogP contribution in [0.2, 0.25) is 0 Å². The van der Waals surface area contributed by atoms with Gasteiger partial charge in [0, 0.05) is 18.0 Å². The van der Waals surface area contributed by atoms with Crippen LogP contribution in [0.1, 0.15) is 23.2 Å². The number of thioether (sulfide) groups is 1. The molecule has 0 amide bonds. The van der Waals surface area contributed by atoms with Crippen LogP contribution >= 0.6 is 11.8 Å². The number of aliphatic hydroxyl groups is 1. The van der Waals surface area contributed by atoms with Crippen molar-refractivity contribution in [3.63, 3.8) is 0 Å². The molecule has 0 aliphatic rings. The van der Waals surface area contributed by atoms with Crippen molar-refractivity contribution in [3.05, 3.63) is 59.3 Å². The fraction of sp³-hybridized carbons (Fsp3) is 0.353. The van der Waals surface area contributed by atoms with Crippen LogP contribution in [0.3, 0.4) is 0 Å². The minimum atomic E-state index is -0.965. The van der Waals surface area contributed by atoms with E-state index in [0.717, 1.165) is 22.0 Å². The zero-order chi connectivity index (χ0) is 15.3. The average Bonchev–Trinajstić information content (AvgIpc) is 2.47. The molecule has 0 fully saturated rings. The van der Waals surface area contributed by atoms with Crippen molar-refractivity contribution >= 4 is 11.8 Å². The third kappa shape index (κ3) is 4.30. The molecule has 1 aromatic heterocycles. The molecule has 0 radical (unpaired) electrons. The molecular formula is C17H22N2OS. The lowest BCUT2D eigenvalue weighted by Gasteiger charge is -2.27. The molecule has 21 heavy (non-hydrogen) atoms. The highest BCUT2D eigenvalue weighted by Crippen LogP contribution is 2.28. The lowest BCUT2D eigenvalue weighted by Crippen LogP contribution is -2.35. The van der Waals surface area contributed by atoms with Crippen LogP contribution in [0.25, 0.3) is 0 Å². The van der Waals surface area contributed by atoms with Gasteiger partial charge in [0.2, 0.25) is 0 Å². The van der Waals surface area contributed by atoms with Crippen LogP contribution in [-0.2, 0) is 5.60 Å². The first-order valence-corrected chi connectivity index (χ1v) is 8.08. The minimum absolute atomic E-state index is 0.220. The first kappa shape index (κ1) is 16.0. The van der Waals surface area contributed by atoms with Crippen molar-refractivity contribution in [3.8, 4) is 0 Å². The van der Waals surface area contributed by atoms with E-state index in [1.165, 1.54) is 5.56 Å². The maximum Gasteiger partial charge on any atom is 0.103 e. The summed E-state index contributed by atoms with van der Waals surface area (Å²) in [6.07, 6.45) is 0.604. The summed E-state index contributed by atoms with van der Waals surface area (Å²) in [5.74, 6) is 0.776. The van der Waals surface area contributed by atoms with Gasteiger partial charge in [-0.15, -0.1) is 11.8 Å². The van der Waals surface area contributed by atoms with Crippen LogP contribution in [-0.4, -0.2) is 22.4 Å². The summed E-state index contributed by atoms with van der Waals surface area (Å²) in [5.41, 5.74) is 7.94. The van der Waals surface area contributed by atoms with E-state index in [4.69, 9.17) is 5.73 Å². The Bertz CT molecular complexity index is 568. The molecule has 0 aliphatic carbocycles. The summed E-state index contributed by atoms with van der Waals surface area (Å²) in [5, 5.41) is 11.7. The van der Waals surface area contributed by atoms with Crippen LogP contribution < -0.4 is 5.73 Å². The number of hydrogen-bond acceptors (Lipinski definition) is 4. The van der Waals surface area contributed by atoms with Gasteiger partial charge in [0.1, 0.15) is 5.60 Å². The Morgan fingerprint density at radius 3 is 2.52 bits per heavy atom. The topological polar surface area (TPSA) is 59.1 Å². The van der Waals surface area contributed by atoms with Gasteiger partial charge in [0.25, 0.3) is 0 Å². The van der Waals surface area contributed by atoms with Crippen molar-refractivity contribution in [2.45, 2.75) is 30.9 Å². The van der Waals surface area contributed by atoms with E-state index in [-0.39, 0.29) is 6.54 Å². The molecule has 2 aromatic rings. The molecule has 0 saturated carbocycles. The van der Waals surface area contributed by atoms with Gasteiger partial charge in [-0.25, -0.2) is 4.98 Å². The first-order chi connectivity index (χ1) is 10.0. The number of aromatic nitrogens is 1. The maximum absolute atomic E-state index is 10.7. The predicted octanol–water partition coefficient (Wildman–Crippen LogP) is 3.03. The van der Waals surface area contributed by atoms with Crippen LogP contribution in [0, 0.1) is 13.8 Å². The van der Waals surface area contributed by atoms with Crippen molar-refractivity contribution in [2.75, 3.05) is 12.3 Å². The molecule has 1 atom stereocenters. The van der Waals surface area contributed by atoms with Crippen molar-refractivity contribution < 1.29 is 5.11 Å². The van der Waals surface area contributed by atoms with Crippen LogP contribution in [0.15, 0.2) is 47.5 Å². The molecule has 3 N–H and O–H groups in total. The monoisotopic (exact) mass is 302 g/mol. The van der Waals surface area contributed by atoms with Gasteiger partial charge >= 0.3 is 0 Å². The molecule has 3 nitrogen and oxygen atoms in total. The fourth-order valence-corrected chi connectivity index (χ4v) is 3.44. The van der Waals surface area contributed by atoms with Gasteiger partial charge in [-0.05, 0) is 43.5 Å². The molecule has 0 bridgehead atoms. The van der Waals surface area contributed by atoms with Crippen LogP contribution in [0.5, 0.6) is 0 Å². The van der Waals surface area contributed by atoms with Gasteiger partial charge in [-0.1, -0.05) is 30.3 Å². The number of nitrogens with two attached hydrogens (primary N) is 1. The van der Waals surface area contributed by atoms with Crippen LogP contribution in [0.4, 0.5) is 0 Å². The third-order valence-corrected chi connectivity index (χ3v) is 4.40. The van der Waals surface area contributed by atoms with Crippen molar-refractivity contribution in [1.29, 1.82) is 0 Å². The number of aryl methyl sites for hydroxylation is 2. The van der Waals surface area contributed by atoms with Crippen molar-refractivity contribution in [1.82, 2.24) is 4.98 Å². The number of hydrogen-bond donors (Lipinski definition) is 2. The highest BCUT2D eigenvalue weighted by Gasteiger charge is 2.26. The second-order valence-corrected chi connectivity index (χ2v) is 6.44. The molecule has 112 valence electrons. The number of rotatable bonds is 6. The molecule has 1 unspecified atom stereocenters. The molecular weight excluding hydrogens is 280 g/mol. The second kappa shape index (κ2) is 7.07. The number of nitrogens with zero attached hydrogens (tertiary/aromatic N) is 1. The Hall–Kier alpha value is -1.36. The molecule has 1 aromatic carbocycles. The lowest BCUT2D eigenvalue weighted by atomic mass is 9.91. The van der Waals surface area contributed by atoms with E-state index < -0.39 is 5.60 Å².